The maximum atomic E-state index is 12.0. The van der Waals surface area contributed by atoms with Gasteiger partial charge in [0.15, 0.2) is 9.84 Å². The van der Waals surface area contributed by atoms with Gasteiger partial charge >= 0.3 is 5.97 Å². The molecule has 106 valence electrons. The Morgan fingerprint density at radius 2 is 2.15 bits per heavy atom. The van der Waals surface area contributed by atoms with Gasteiger partial charge in [-0.2, -0.15) is 5.10 Å². The second kappa shape index (κ2) is 4.16. The van der Waals surface area contributed by atoms with Crippen LogP contribution in [0.1, 0.15) is 20.8 Å². The number of aromatic carboxylic acids is 1. The largest absolute Gasteiger partial charge is 0.477 e. The van der Waals surface area contributed by atoms with Crippen molar-refractivity contribution in [2.75, 3.05) is 6.26 Å². The highest BCUT2D eigenvalue weighted by Crippen LogP contribution is 2.44. The lowest BCUT2D eigenvalue weighted by Crippen LogP contribution is -2.09. The SMILES string of the molecule is Cn1ncc2c1-c1c(S(C)(=O)=O)sc(C(=O)O)c1CC2. The summed E-state index contributed by atoms with van der Waals surface area (Å²) in [6, 6.07) is 0. The van der Waals surface area contributed by atoms with E-state index in [1.54, 1.807) is 17.9 Å². The maximum absolute atomic E-state index is 12.0. The number of thiophene rings is 1. The molecule has 0 bridgehead atoms. The van der Waals surface area contributed by atoms with Crippen molar-refractivity contribution in [2.45, 2.75) is 17.1 Å². The Labute approximate surface area is 119 Å². The van der Waals surface area contributed by atoms with E-state index < -0.39 is 15.8 Å². The van der Waals surface area contributed by atoms with Crippen molar-refractivity contribution in [1.29, 1.82) is 0 Å². The Bertz CT molecular complexity index is 830. The molecule has 1 aliphatic rings. The quantitative estimate of drug-likeness (QED) is 0.904. The van der Waals surface area contributed by atoms with Gasteiger partial charge in [-0.1, -0.05) is 0 Å². The summed E-state index contributed by atoms with van der Waals surface area (Å²) < 4.78 is 25.7. The first-order valence-electron chi connectivity index (χ1n) is 5.91. The number of rotatable bonds is 2. The lowest BCUT2D eigenvalue weighted by Gasteiger charge is -2.15. The summed E-state index contributed by atoms with van der Waals surface area (Å²) in [7, 11) is -1.75. The molecule has 2 aromatic heterocycles. The molecule has 0 saturated heterocycles. The van der Waals surface area contributed by atoms with Crippen molar-refractivity contribution in [2.24, 2.45) is 7.05 Å². The Kier molecular flexibility index (Phi) is 2.77. The van der Waals surface area contributed by atoms with E-state index in [9.17, 15) is 18.3 Å². The summed E-state index contributed by atoms with van der Waals surface area (Å²) in [6.07, 6.45) is 4.02. The van der Waals surface area contributed by atoms with Crippen LogP contribution in [0.3, 0.4) is 0 Å². The summed E-state index contributed by atoms with van der Waals surface area (Å²) in [5.74, 6) is -1.08. The second-order valence-corrected chi connectivity index (χ2v) is 8.02. The summed E-state index contributed by atoms with van der Waals surface area (Å²) in [6.45, 7) is 0. The van der Waals surface area contributed by atoms with Crippen molar-refractivity contribution in [1.82, 2.24) is 9.78 Å². The highest BCUT2D eigenvalue weighted by molar-refractivity contribution is 7.93. The van der Waals surface area contributed by atoms with Gasteiger partial charge in [0.1, 0.15) is 9.09 Å². The number of carboxylic acid groups (broad SMARTS) is 1. The topological polar surface area (TPSA) is 89.3 Å². The van der Waals surface area contributed by atoms with Crippen LogP contribution in [0, 0.1) is 0 Å². The molecule has 3 rings (SSSR count). The summed E-state index contributed by atoms with van der Waals surface area (Å²) >= 11 is 0.837. The first kappa shape index (κ1) is 13.3. The minimum absolute atomic E-state index is 0.118. The van der Waals surface area contributed by atoms with Crippen molar-refractivity contribution < 1.29 is 18.3 Å². The number of carbonyl (C=O) groups is 1. The van der Waals surface area contributed by atoms with E-state index in [0.29, 0.717) is 24.0 Å². The van der Waals surface area contributed by atoms with Gasteiger partial charge in [0.25, 0.3) is 0 Å². The van der Waals surface area contributed by atoms with Crippen LogP contribution < -0.4 is 0 Å². The number of aromatic nitrogens is 2. The minimum atomic E-state index is -3.48. The fraction of sp³-hybridized carbons (Fsp3) is 0.333. The lowest BCUT2D eigenvalue weighted by atomic mass is 9.92. The standard InChI is InChI=1S/C12H12N2O4S2/c1-14-9-6(5-13-14)3-4-7-8(9)12(20(2,17)18)19-10(7)11(15)16/h5H,3-4H2,1-2H3,(H,15,16). The Balaban J connectivity index is 2.43. The molecule has 2 aromatic rings. The number of fused-ring (bicyclic) bond motifs is 3. The zero-order valence-electron chi connectivity index (χ0n) is 10.9. The fourth-order valence-corrected chi connectivity index (χ4v) is 4.97. The molecule has 0 fully saturated rings. The molecule has 20 heavy (non-hydrogen) atoms. The van der Waals surface area contributed by atoms with Gasteiger partial charge in [-0.05, 0) is 24.0 Å². The summed E-state index contributed by atoms with van der Waals surface area (Å²) in [4.78, 5) is 11.5. The third kappa shape index (κ3) is 1.79. The minimum Gasteiger partial charge on any atom is -0.477 e. The second-order valence-electron chi connectivity index (χ2n) is 4.79. The van der Waals surface area contributed by atoms with E-state index in [1.165, 1.54) is 0 Å². The molecule has 0 saturated carbocycles. The summed E-state index contributed by atoms with van der Waals surface area (Å²) in [5, 5.41) is 13.4. The smallest absolute Gasteiger partial charge is 0.346 e. The number of nitrogens with zero attached hydrogens (tertiary/aromatic N) is 2. The number of carboxylic acids is 1. The number of hydrogen-bond acceptors (Lipinski definition) is 5. The molecule has 1 aliphatic carbocycles. The normalized spacial score (nSPS) is 13.9. The van der Waals surface area contributed by atoms with E-state index in [2.05, 4.69) is 5.10 Å². The Hall–Kier alpha value is -1.67. The molecule has 8 heteroatoms. The van der Waals surface area contributed by atoms with Crippen LogP contribution in [0.15, 0.2) is 10.4 Å². The number of aryl methyl sites for hydroxylation is 2. The fourth-order valence-electron chi connectivity index (χ4n) is 2.60. The van der Waals surface area contributed by atoms with Crippen LogP contribution in [0.2, 0.25) is 0 Å². The zero-order chi connectivity index (χ0) is 14.7. The Morgan fingerprint density at radius 3 is 2.75 bits per heavy atom. The monoisotopic (exact) mass is 312 g/mol. The van der Waals surface area contributed by atoms with E-state index in [4.69, 9.17) is 0 Å². The van der Waals surface area contributed by atoms with Gasteiger partial charge in [-0.25, -0.2) is 13.2 Å². The third-order valence-electron chi connectivity index (χ3n) is 3.40. The molecule has 0 atom stereocenters. The van der Waals surface area contributed by atoms with Crippen LogP contribution >= 0.6 is 11.3 Å². The first-order valence-corrected chi connectivity index (χ1v) is 8.61. The molecule has 0 radical (unpaired) electrons. The van der Waals surface area contributed by atoms with Crippen molar-refractivity contribution in [3.05, 3.63) is 22.2 Å². The molecule has 1 N–H and O–H groups in total. The van der Waals surface area contributed by atoms with E-state index in [1.807, 2.05) is 0 Å². The van der Waals surface area contributed by atoms with Gasteiger partial charge in [0.05, 0.1) is 11.9 Å². The molecule has 2 heterocycles. The highest BCUT2D eigenvalue weighted by Gasteiger charge is 2.33. The summed E-state index contributed by atoms with van der Waals surface area (Å²) in [5.41, 5.74) is 2.81. The Morgan fingerprint density at radius 1 is 1.45 bits per heavy atom. The first-order chi connectivity index (χ1) is 9.30. The maximum Gasteiger partial charge on any atom is 0.346 e. The average Bonchev–Trinajstić information content (AvgIpc) is 2.89. The van der Waals surface area contributed by atoms with Crippen LogP contribution in [0.25, 0.3) is 11.3 Å². The number of hydrogen-bond donors (Lipinski definition) is 1. The molecule has 6 nitrogen and oxygen atoms in total. The van der Waals surface area contributed by atoms with Gasteiger partial charge in [-0.3, -0.25) is 4.68 Å². The molecule has 0 amide bonds. The molecule has 0 aliphatic heterocycles. The molecule has 0 unspecified atom stereocenters. The molecular weight excluding hydrogens is 300 g/mol. The van der Waals surface area contributed by atoms with Crippen molar-refractivity contribution in [3.8, 4) is 11.3 Å². The van der Waals surface area contributed by atoms with Gasteiger partial charge in [-0.15, -0.1) is 11.3 Å². The third-order valence-corrected chi connectivity index (χ3v) is 6.45. The van der Waals surface area contributed by atoms with Gasteiger partial charge < -0.3 is 5.11 Å². The van der Waals surface area contributed by atoms with E-state index >= 15 is 0 Å². The van der Waals surface area contributed by atoms with Crippen molar-refractivity contribution >= 4 is 27.1 Å². The van der Waals surface area contributed by atoms with Gasteiger partial charge in [0.2, 0.25) is 0 Å². The van der Waals surface area contributed by atoms with Crippen LogP contribution in [0.4, 0.5) is 0 Å². The molecule has 0 spiro atoms. The van der Waals surface area contributed by atoms with Crippen LogP contribution in [-0.2, 0) is 29.7 Å². The zero-order valence-corrected chi connectivity index (χ0v) is 12.5. The van der Waals surface area contributed by atoms with Crippen LogP contribution in [0.5, 0.6) is 0 Å². The molecule has 0 aromatic carbocycles. The number of sulfone groups is 1. The van der Waals surface area contributed by atoms with Crippen LogP contribution in [-0.4, -0.2) is 35.5 Å². The average molecular weight is 312 g/mol. The van der Waals surface area contributed by atoms with Crippen molar-refractivity contribution in [3.63, 3.8) is 0 Å². The predicted molar refractivity (Wildman–Crippen MR) is 74.0 cm³/mol. The molecular formula is C12H12N2O4S2. The predicted octanol–water partition coefficient (Wildman–Crippen LogP) is 1.35. The highest BCUT2D eigenvalue weighted by atomic mass is 32.2. The lowest BCUT2D eigenvalue weighted by molar-refractivity contribution is 0.0701. The van der Waals surface area contributed by atoms with E-state index in [-0.39, 0.29) is 9.09 Å². The van der Waals surface area contributed by atoms with E-state index in [0.717, 1.165) is 28.8 Å². The van der Waals surface area contributed by atoms with Gasteiger partial charge in [0, 0.05) is 18.9 Å².